The Labute approximate surface area is 254 Å². The Morgan fingerprint density at radius 1 is 0.929 bits per heavy atom. The van der Waals surface area contributed by atoms with E-state index in [1.54, 1.807) is 6.92 Å². The highest BCUT2D eigenvalue weighted by molar-refractivity contribution is 5.79. The number of rotatable bonds is 17. The average Bonchev–Trinajstić information content (AvgIpc) is 2.95. The highest BCUT2D eigenvalue weighted by Crippen LogP contribution is 2.33. The molecule has 1 amide bonds. The van der Waals surface area contributed by atoms with E-state index < -0.39 is 30.0 Å². The molecular weight excluding hydrogens is 530 g/mol. The van der Waals surface area contributed by atoms with Crippen LogP contribution < -0.4 is 5.32 Å². The van der Waals surface area contributed by atoms with Gasteiger partial charge in [-0.25, -0.2) is 4.79 Å². The predicted molar refractivity (Wildman–Crippen MR) is 166 cm³/mol. The molecule has 0 aliphatic carbocycles. The summed E-state index contributed by atoms with van der Waals surface area (Å²) in [6, 6.07) is 9.68. The van der Waals surface area contributed by atoms with Gasteiger partial charge in [0.1, 0.15) is 23.6 Å². The first-order valence-corrected chi connectivity index (χ1v) is 16.3. The van der Waals surface area contributed by atoms with Crippen molar-refractivity contribution < 1.29 is 28.5 Å². The molecule has 6 atom stereocenters. The Kier molecular flexibility index (Phi) is 14.5. The normalized spacial score (nSPS) is 23.5. The van der Waals surface area contributed by atoms with Gasteiger partial charge in [-0.3, -0.25) is 4.79 Å². The fraction of sp³-hybridized carbons (Fsp3) is 0.714. The minimum atomic E-state index is -0.589. The molecule has 0 bridgehead atoms. The summed E-state index contributed by atoms with van der Waals surface area (Å²) >= 11 is 0. The Balaban J connectivity index is 1.55. The van der Waals surface area contributed by atoms with Crippen LogP contribution in [0.25, 0.3) is 0 Å². The van der Waals surface area contributed by atoms with Gasteiger partial charge in [-0.05, 0) is 40.5 Å². The zero-order chi connectivity index (χ0) is 30.4. The van der Waals surface area contributed by atoms with Crippen molar-refractivity contribution in [3.63, 3.8) is 0 Å². The van der Waals surface area contributed by atoms with Gasteiger partial charge in [0.05, 0.1) is 12.7 Å². The highest BCUT2D eigenvalue weighted by Gasteiger charge is 2.39. The molecule has 2 aliphatic rings. The van der Waals surface area contributed by atoms with Gasteiger partial charge in [0, 0.05) is 17.5 Å². The molecule has 3 rings (SSSR count). The van der Waals surface area contributed by atoms with Crippen LogP contribution in [0, 0.1) is 5.92 Å². The zero-order valence-corrected chi connectivity index (χ0v) is 26.6. The number of ether oxygens (including phenoxy) is 4. The molecule has 2 unspecified atom stereocenters. The van der Waals surface area contributed by atoms with Crippen molar-refractivity contribution in [2.75, 3.05) is 6.61 Å². The van der Waals surface area contributed by atoms with Gasteiger partial charge < -0.3 is 24.3 Å². The Morgan fingerprint density at radius 2 is 1.57 bits per heavy atom. The number of Topliss-reactive ketones (excluding diaryl/α,β-unsaturated/α-hetero) is 1. The van der Waals surface area contributed by atoms with Crippen molar-refractivity contribution in [3.8, 4) is 0 Å². The first-order chi connectivity index (χ1) is 20.2. The molecule has 1 N–H and O–H groups in total. The molecule has 0 saturated carbocycles. The first-order valence-electron chi connectivity index (χ1n) is 16.3. The molecule has 7 nitrogen and oxygen atoms in total. The standard InChI is InChI=1S/C35H55NO6/c1-6-7-8-9-10-11-12-13-14-18-21-28(36-34(38)42-35(3,4)5)24-29(26(2)37)30-22-23-31-32(40-30)25-39-33(41-31)27-19-16-15-17-20-27/h15-17,19-20,22-23,28-33H,6-14,18,21,24-25H2,1-5H3,(H,36,38)/t28?,29?,30-,31+,32-,33-/m1/s1. The number of ketones is 1. The van der Waals surface area contributed by atoms with E-state index >= 15 is 0 Å². The molecule has 42 heavy (non-hydrogen) atoms. The van der Waals surface area contributed by atoms with Crippen LogP contribution in [0.15, 0.2) is 42.5 Å². The molecule has 1 fully saturated rings. The number of carbonyl (C=O) groups excluding carboxylic acids is 2. The lowest BCUT2D eigenvalue weighted by Crippen LogP contribution is -2.48. The summed E-state index contributed by atoms with van der Waals surface area (Å²) in [4.78, 5) is 25.6. The number of alkyl carbamates (subject to hydrolysis) is 1. The van der Waals surface area contributed by atoms with E-state index in [-0.39, 0.29) is 24.0 Å². The molecule has 0 spiro atoms. The number of unbranched alkanes of at least 4 members (excludes halogenated alkanes) is 9. The van der Waals surface area contributed by atoms with Crippen molar-refractivity contribution >= 4 is 11.9 Å². The Morgan fingerprint density at radius 3 is 2.19 bits per heavy atom. The second-order valence-corrected chi connectivity index (χ2v) is 13.0. The number of carbonyl (C=O) groups is 2. The summed E-state index contributed by atoms with van der Waals surface area (Å²) in [6.07, 6.45) is 15.9. The lowest BCUT2D eigenvalue weighted by molar-refractivity contribution is -0.264. The maximum Gasteiger partial charge on any atom is 0.407 e. The summed E-state index contributed by atoms with van der Waals surface area (Å²) in [6.45, 7) is 9.81. The minimum absolute atomic E-state index is 0.0435. The van der Waals surface area contributed by atoms with Crippen LogP contribution in [-0.2, 0) is 23.7 Å². The molecule has 236 valence electrons. The van der Waals surface area contributed by atoms with Gasteiger partial charge in [-0.2, -0.15) is 0 Å². The van der Waals surface area contributed by atoms with Gasteiger partial charge in [0.2, 0.25) is 0 Å². The molecule has 0 aromatic heterocycles. The molecule has 1 saturated heterocycles. The monoisotopic (exact) mass is 585 g/mol. The van der Waals surface area contributed by atoms with Gasteiger partial charge in [-0.1, -0.05) is 114 Å². The maximum atomic E-state index is 12.9. The Bertz CT molecular complexity index is 958. The fourth-order valence-electron chi connectivity index (χ4n) is 5.75. The largest absolute Gasteiger partial charge is 0.444 e. The van der Waals surface area contributed by atoms with Crippen LogP contribution in [0.3, 0.4) is 0 Å². The van der Waals surface area contributed by atoms with Crippen LogP contribution in [-0.4, -0.2) is 48.4 Å². The second kappa shape index (κ2) is 17.8. The van der Waals surface area contributed by atoms with E-state index in [0.29, 0.717) is 13.0 Å². The van der Waals surface area contributed by atoms with Crippen LogP contribution in [0.5, 0.6) is 0 Å². The smallest absolute Gasteiger partial charge is 0.407 e. The van der Waals surface area contributed by atoms with Gasteiger partial charge in [0.25, 0.3) is 0 Å². The number of benzene rings is 1. The highest BCUT2D eigenvalue weighted by atomic mass is 16.7. The summed E-state index contributed by atoms with van der Waals surface area (Å²) in [5.41, 5.74) is 0.380. The van der Waals surface area contributed by atoms with E-state index in [4.69, 9.17) is 18.9 Å². The topological polar surface area (TPSA) is 83.1 Å². The van der Waals surface area contributed by atoms with E-state index in [1.165, 1.54) is 51.4 Å². The van der Waals surface area contributed by atoms with E-state index in [9.17, 15) is 9.59 Å². The summed E-state index contributed by atoms with van der Waals surface area (Å²) < 4.78 is 24.1. The summed E-state index contributed by atoms with van der Waals surface area (Å²) in [7, 11) is 0. The zero-order valence-electron chi connectivity index (χ0n) is 26.6. The van der Waals surface area contributed by atoms with Crippen molar-refractivity contribution in [2.45, 2.75) is 148 Å². The molecule has 2 heterocycles. The minimum Gasteiger partial charge on any atom is -0.444 e. The molecular formula is C35H55NO6. The number of hydrogen-bond donors (Lipinski definition) is 1. The maximum absolute atomic E-state index is 12.9. The molecule has 7 heteroatoms. The Hall–Kier alpha value is -2.22. The lowest BCUT2D eigenvalue weighted by Gasteiger charge is -2.41. The second-order valence-electron chi connectivity index (χ2n) is 13.0. The SMILES string of the molecule is CCCCCCCCCCCCC(CC(C(C)=O)[C@H]1C=C[C@@H]2O[C@H](c3ccccc3)OC[C@H]2O1)NC(=O)OC(C)(C)C. The number of hydrogen-bond acceptors (Lipinski definition) is 6. The van der Waals surface area contributed by atoms with Crippen molar-refractivity contribution in [1.82, 2.24) is 5.32 Å². The van der Waals surface area contributed by atoms with Gasteiger partial charge in [0.15, 0.2) is 6.29 Å². The van der Waals surface area contributed by atoms with E-state index in [0.717, 1.165) is 24.8 Å². The van der Waals surface area contributed by atoms with Gasteiger partial charge >= 0.3 is 6.09 Å². The van der Waals surface area contributed by atoms with Crippen LogP contribution in [0.2, 0.25) is 0 Å². The third kappa shape index (κ3) is 12.2. The third-order valence-electron chi connectivity index (χ3n) is 8.04. The summed E-state index contributed by atoms with van der Waals surface area (Å²) in [5, 5.41) is 3.07. The number of fused-ring (bicyclic) bond motifs is 1. The molecule has 1 aromatic rings. The number of nitrogens with one attached hydrogen (secondary N) is 1. The van der Waals surface area contributed by atoms with Crippen LogP contribution in [0.1, 0.15) is 124 Å². The third-order valence-corrected chi connectivity index (χ3v) is 8.04. The van der Waals surface area contributed by atoms with E-state index in [1.807, 2.05) is 63.3 Å². The lowest BCUT2D eigenvalue weighted by atomic mass is 9.87. The quantitative estimate of drug-likeness (QED) is 0.146. The fourth-order valence-corrected chi connectivity index (χ4v) is 5.75. The molecule has 2 aliphatic heterocycles. The van der Waals surface area contributed by atoms with Crippen LogP contribution in [0.4, 0.5) is 4.79 Å². The van der Waals surface area contributed by atoms with Crippen molar-refractivity contribution in [1.29, 1.82) is 0 Å². The van der Waals surface area contributed by atoms with E-state index in [2.05, 4.69) is 12.2 Å². The van der Waals surface area contributed by atoms with Crippen LogP contribution >= 0.6 is 0 Å². The molecule has 0 radical (unpaired) electrons. The average molecular weight is 586 g/mol. The number of amides is 1. The van der Waals surface area contributed by atoms with Gasteiger partial charge in [-0.15, -0.1) is 0 Å². The summed E-state index contributed by atoms with van der Waals surface area (Å²) in [5.74, 6) is -0.348. The van der Waals surface area contributed by atoms with Crippen molar-refractivity contribution in [3.05, 3.63) is 48.0 Å². The molecule has 1 aromatic carbocycles. The van der Waals surface area contributed by atoms with Crippen molar-refractivity contribution in [2.24, 2.45) is 5.92 Å². The predicted octanol–water partition coefficient (Wildman–Crippen LogP) is 8.22. The first kappa shape index (κ1) is 34.3.